The van der Waals surface area contributed by atoms with Crippen molar-refractivity contribution in [1.29, 1.82) is 0 Å². The molecule has 3 heteroatoms. The van der Waals surface area contributed by atoms with E-state index in [1.165, 1.54) is 7.11 Å². The van der Waals surface area contributed by atoms with Gasteiger partial charge in [-0.15, -0.1) is 0 Å². The molecule has 1 rings (SSSR count). The van der Waals surface area contributed by atoms with Crippen molar-refractivity contribution in [2.75, 3.05) is 7.11 Å². The predicted octanol–water partition coefficient (Wildman–Crippen LogP) is 1.35. The topological polar surface area (TPSA) is 46.5 Å². The minimum atomic E-state index is -0.644. The van der Waals surface area contributed by atoms with Gasteiger partial charge >= 0.3 is 5.97 Å². The van der Waals surface area contributed by atoms with Crippen LogP contribution in [0.4, 0.5) is 0 Å². The van der Waals surface area contributed by atoms with E-state index in [4.69, 9.17) is 4.74 Å². The van der Waals surface area contributed by atoms with Crippen LogP contribution in [-0.4, -0.2) is 24.3 Å². The van der Waals surface area contributed by atoms with Crippen molar-refractivity contribution >= 4 is 5.97 Å². The largest absolute Gasteiger partial charge is 0.469 e. The van der Waals surface area contributed by atoms with Crippen molar-refractivity contribution in [2.24, 2.45) is 11.3 Å². The summed E-state index contributed by atoms with van der Waals surface area (Å²) in [7, 11) is 1.39. The van der Waals surface area contributed by atoms with E-state index in [9.17, 15) is 9.90 Å². The summed E-state index contributed by atoms with van der Waals surface area (Å²) in [6.45, 7) is 3.93. The lowest BCUT2D eigenvalue weighted by atomic mass is 9.74. The van der Waals surface area contributed by atoms with E-state index in [1.807, 2.05) is 13.8 Å². The third kappa shape index (κ3) is 1.46. The van der Waals surface area contributed by atoms with Gasteiger partial charge in [-0.1, -0.05) is 13.8 Å². The molecule has 3 nitrogen and oxygen atoms in total. The third-order valence-electron chi connectivity index (χ3n) is 3.26. The van der Waals surface area contributed by atoms with Crippen LogP contribution in [0.25, 0.3) is 0 Å². The van der Waals surface area contributed by atoms with Crippen molar-refractivity contribution in [3.8, 4) is 0 Å². The molecule has 1 aliphatic rings. The average Bonchev–Trinajstić information content (AvgIpc) is 2.47. The standard InChI is InChI=1S/C10H18O3/c1-7(2)10(9(12)13-3)6-4-5-8(10)11/h7-8,11H,4-6H2,1-3H3. The normalized spacial score (nSPS) is 33.8. The summed E-state index contributed by atoms with van der Waals surface area (Å²) in [5.41, 5.74) is -0.644. The molecule has 0 aliphatic heterocycles. The van der Waals surface area contributed by atoms with Gasteiger partial charge in [0.15, 0.2) is 0 Å². The molecule has 1 saturated carbocycles. The summed E-state index contributed by atoms with van der Waals surface area (Å²) in [6, 6.07) is 0. The molecule has 76 valence electrons. The van der Waals surface area contributed by atoms with E-state index in [2.05, 4.69) is 0 Å². The lowest BCUT2D eigenvalue weighted by Gasteiger charge is -2.33. The maximum absolute atomic E-state index is 11.6. The smallest absolute Gasteiger partial charge is 0.314 e. The van der Waals surface area contributed by atoms with Crippen LogP contribution in [-0.2, 0) is 9.53 Å². The first-order valence-corrected chi connectivity index (χ1v) is 4.82. The monoisotopic (exact) mass is 186 g/mol. The van der Waals surface area contributed by atoms with Gasteiger partial charge in [-0.2, -0.15) is 0 Å². The summed E-state index contributed by atoms with van der Waals surface area (Å²) in [6.07, 6.45) is 1.85. The van der Waals surface area contributed by atoms with Gasteiger partial charge in [0, 0.05) is 0 Å². The lowest BCUT2D eigenvalue weighted by molar-refractivity contribution is -0.162. The van der Waals surface area contributed by atoms with Crippen LogP contribution in [0.3, 0.4) is 0 Å². The van der Waals surface area contributed by atoms with Crippen molar-refractivity contribution in [1.82, 2.24) is 0 Å². The van der Waals surface area contributed by atoms with E-state index in [1.54, 1.807) is 0 Å². The number of methoxy groups -OCH3 is 1. The molecule has 0 aromatic heterocycles. The number of aliphatic hydroxyl groups is 1. The molecule has 0 aromatic carbocycles. The van der Waals surface area contributed by atoms with E-state index >= 15 is 0 Å². The molecule has 0 spiro atoms. The zero-order valence-electron chi connectivity index (χ0n) is 8.54. The number of carbonyl (C=O) groups is 1. The Morgan fingerprint density at radius 2 is 2.23 bits per heavy atom. The third-order valence-corrected chi connectivity index (χ3v) is 3.26. The molecular formula is C10H18O3. The second-order valence-corrected chi connectivity index (χ2v) is 4.09. The van der Waals surface area contributed by atoms with E-state index in [0.29, 0.717) is 6.42 Å². The summed E-state index contributed by atoms with van der Waals surface area (Å²) >= 11 is 0. The molecule has 2 atom stereocenters. The van der Waals surface area contributed by atoms with E-state index < -0.39 is 11.5 Å². The van der Waals surface area contributed by atoms with Gasteiger partial charge in [-0.3, -0.25) is 4.79 Å². The van der Waals surface area contributed by atoms with Crippen LogP contribution in [0.2, 0.25) is 0 Å². The van der Waals surface area contributed by atoms with E-state index in [0.717, 1.165) is 12.8 Å². The van der Waals surface area contributed by atoms with Crippen molar-refractivity contribution in [2.45, 2.75) is 39.2 Å². The van der Waals surface area contributed by atoms with E-state index in [-0.39, 0.29) is 11.9 Å². The Morgan fingerprint density at radius 1 is 1.62 bits per heavy atom. The molecule has 0 aromatic rings. The highest BCUT2D eigenvalue weighted by Gasteiger charge is 2.51. The quantitative estimate of drug-likeness (QED) is 0.662. The maximum atomic E-state index is 11.6. The summed E-state index contributed by atoms with van der Waals surface area (Å²) in [4.78, 5) is 11.6. The molecular weight excluding hydrogens is 168 g/mol. The fourth-order valence-corrected chi connectivity index (χ4v) is 2.35. The Balaban J connectivity index is 2.93. The van der Waals surface area contributed by atoms with Gasteiger partial charge in [-0.05, 0) is 25.2 Å². The van der Waals surface area contributed by atoms with Crippen LogP contribution >= 0.6 is 0 Å². The zero-order chi connectivity index (χ0) is 10.1. The van der Waals surface area contributed by atoms with Crippen LogP contribution in [0.5, 0.6) is 0 Å². The average molecular weight is 186 g/mol. The Hall–Kier alpha value is -0.570. The van der Waals surface area contributed by atoms with Crippen LogP contribution < -0.4 is 0 Å². The lowest BCUT2D eigenvalue weighted by Crippen LogP contribution is -2.43. The Kier molecular flexibility index (Phi) is 2.96. The second-order valence-electron chi connectivity index (χ2n) is 4.09. The Bertz CT molecular complexity index is 200. The van der Waals surface area contributed by atoms with Gasteiger partial charge in [0.05, 0.1) is 18.6 Å². The minimum absolute atomic E-state index is 0.137. The van der Waals surface area contributed by atoms with Gasteiger partial charge in [0.2, 0.25) is 0 Å². The Morgan fingerprint density at radius 3 is 2.54 bits per heavy atom. The summed E-state index contributed by atoms with van der Waals surface area (Å²) < 4.78 is 4.77. The summed E-state index contributed by atoms with van der Waals surface area (Å²) in [5.74, 6) is -0.120. The summed E-state index contributed by atoms with van der Waals surface area (Å²) in [5, 5.41) is 9.81. The first kappa shape index (κ1) is 10.5. The Labute approximate surface area is 79.1 Å². The van der Waals surface area contributed by atoms with Crippen LogP contribution in [0.15, 0.2) is 0 Å². The van der Waals surface area contributed by atoms with Crippen molar-refractivity contribution < 1.29 is 14.6 Å². The van der Waals surface area contributed by atoms with Gasteiger partial charge in [-0.25, -0.2) is 0 Å². The highest BCUT2D eigenvalue weighted by molar-refractivity contribution is 5.78. The van der Waals surface area contributed by atoms with Crippen LogP contribution in [0.1, 0.15) is 33.1 Å². The predicted molar refractivity (Wildman–Crippen MR) is 49.1 cm³/mol. The number of hydrogen-bond acceptors (Lipinski definition) is 3. The maximum Gasteiger partial charge on any atom is 0.314 e. The van der Waals surface area contributed by atoms with Gasteiger partial charge in [0.25, 0.3) is 0 Å². The SMILES string of the molecule is COC(=O)C1(C(C)C)CCCC1O. The number of aliphatic hydroxyl groups excluding tert-OH is 1. The molecule has 0 amide bonds. The number of esters is 1. The van der Waals surface area contributed by atoms with Crippen molar-refractivity contribution in [3.63, 3.8) is 0 Å². The first-order valence-electron chi connectivity index (χ1n) is 4.82. The minimum Gasteiger partial charge on any atom is -0.469 e. The van der Waals surface area contributed by atoms with Crippen LogP contribution in [0, 0.1) is 11.3 Å². The second kappa shape index (κ2) is 3.66. The molecule has 1 N–H and O–H groups in total. The number of hydrogen-bond donors (Lipinski definition) is 1. The molecule has 0 bridgehead atoms. The highest BCUT2D eigenvalue weighted by Crippen LogP contribution is 2.45. The van der Waals surface area contributed by atoms with Gasteiger partial charge in [0.1, 0.15) is 0 Å². The number of carbonyl (C=O) groups excluding carboxylic acids is 1. The first-order chi connectivity index (χ1) is 6.05. The molecule has 0 saturated heterocycles. The fourth-order valence-electron chi connectivity index (χ4n) is 2.35. The van der Waals surface area contributed by atoms with Gasteiger partial charge < -0.3 is 9.84 Å². The fraction of sp³-hybridized carbons (Fsp3) is 0.900. The molecule has 2 unspecified atom stereocenters. The zero-order valence-corrected chi connectivity index (χ0v) is 8.54. The molecule has 1 aliphatic carbocycles. The molecule has 13 heavy (non-hydrogen) atoms. The van der Waals surface area contributed by atoms with Crippen molar-refractivity contribution in [3.05, 3.63) is 0 Å². The molecule has 0 heterocycles. The molecule has 1 fully saturated rings. The molecule has 0 radical (unpaired) electrons. The number of rotatable bonds is 2. The number of ether oxygens (including phenoxy) is 1. The highest BCUT2D eigenvalue weighted by atomic mass is 16.5.